The number of carbonyl (C=O) groups is 1. The fourth-order valence-electron chi connectivity index (χ4n) is 1.35. The van der Waals surface area contributed by atoms with Crippen molar-refractivity contribution in [2.24, 2.45) is 11.7 Å². The molecule has 1 aromatic heterocycles. The van der Waals surface area contributed by atoms with E-state index in [0.717, 1.165) is 17.1 Å². The lowest BCUT2D eigenvalue weighted by molar-refractivity contribution is -0.121. The Hall–Kier alpha value is -0.940. The van der Waals surface area contributed by atoms with Gasteiger partial charge < -0.3 is 11.1 Å². The molecule has 0 fully saturated rings. The van der Waals surface area contributed by atoms with Crippen LogP contribution >= 0.6 is 11.3 Å². The van der Waals surface area contributed by atoms with Gasteiger partial charge in [-0.25, -0.2) is 4.98 Å². The van der Waals surface area contributed by atoms with E-state index in [1.807, 2.05) is 26.2 Å². The molecule has 1 heterocycles. The van der Waals surface area contributed by atoms with Crippen molar-refractivity contribution in [3.63, 3.8) is 0 Å². The van der Waals surface area contributed by atoms with E-state index >= 15 is 0 Å². The molecule has 0 aliphatic carbocycles. The lowest BCUT2D eigenvalue weighted by Crippen LogP contribution is -2.35. The molecule has 0 spiro atoms. The number of hydrogen-bond donors (Lipinski definition) is 2. The van der Waals surface area contributed by atoms with Gasteiger partial charge in [-0.05, 0) is 12.8 Å². The van der Waals surface area contributed by atoms with E-state index in [1.54, 1.807) is 11.3 Å². The molecule has 3 N–H and O–H groups in total. The third-order valence-electron chi connectivity index (χ3n) is 2.61. The summed E-state index contributed by atoms with van der Waals surface area (Å²) in [5.41, 5.74) is 6.87. The molecule has 0 saturated heterocycles. The molecule has 0 radical (unpaired) electrons. The van der Waals surface area contributed by atoms with E-state index in [0.29, 0.717) is 18.9 Å². The zero-order valence-electron chi connectivity index (χ0n) is 10.7. The predicted molar refractivity (Wildman–Crippen MR) is 71.0 cm³/mol. The molecule has 17 heavy (non-hydrogen) atoms. The number of aromatic nitrogens is 1. The minimum atomic E-state index is -0.0582. The van der Waals surface area contributed by atoms with Crippen LogP contribution in [0, 0.1) is 12.8 Å². The molecule has 4 nitrogen and oxygen atoms in total. The highest BCUT2D eigenvalue weighted by molar-refractivity contribution is 7.09. The number of rotatable bonds is 6. The van der Waals surface area contributed by atoms with Crippen molar-refractivity contribution in [3.8, 4) is 0 Å². The van der Waals surface area contributed by atoms with Gasteiger partial charge in [-0.3, -0.25) is 4.79 Å². The Morgan fingerprint density at radius 2 is 2.29 bits per heavy atom. The van der Waals surface area contributed by atoms with Crippen LogP contribution in [0.4, 0.5) is 0 Å². The predicted octanol–water partition coefficient (Wildman–Crippen LogP) is 1.48. The first-order chi connectivity index (χ1) is 7.99. The number of nitrogens with two attached hydrogens (primary N) is 1. The SMILES string of the molecule is Cc1csc(CCNC(=O)CC(N)C(C)C)n1. The molecule has 0 bridgehead atoms. The van der Waals surface area contributed by atoms with Gasteiger partial charge in [0.2, 0.25) is 5.91 Å². The fourth-order valence-corrected chi connectivity index (χ4v) is 2.12. The molecule has 0 aliphatic heterocycles. The van der Waals surface area contributed by atoms with Crippen molar-refractivity contribution in [1.82, 2.24) is 10.3 Å². The highest BCUT2D eigenvalue weighted by Crippen LogP contribution is 2.08. The number of amides is 1. The maximum absolute atomic E-state index is 11.5. The van der Waals surface area contributed by atoms with Crippen molar-refractivity contribution in [2.75, 3.05) is 6.54 Å². The number of nitrogens with zero attached hydrogens (tertiary/aromatic N) is 1. The number of thiazole rings is 1. The minimum Gasteiger partial charge on any atom is -0.356 e. The van der Waals surface area contributed by atoms with Crippen LogP contribution in [0.2, 0.25) is 0 Å². The zero-order valence-corrected chi connectivity index (χ0v) is 11.5. The highest BCUT2D eigenvalue weighted by Gasteiger charge is 2.12. The molecule has 0 saturated carbocycles. The molecule has 1 unspecified atom stereocenters. The Morgan fingerprint density at radius 3 is 2.82 bits per heavy atom. The monoisotopic (exact) mass is 255 g/mol. The second kappa shape index (κ2) is 6.71. The van der Waals surface area contributed by atoms with Gasteiger partial charge in [-0.1, -0.05) is 13.8 Å². The van der Waals surface area contributed by atoms with E-state index < -0.39 is 0 Å². The molecular weight excluding hydrogens is 234 g/mol. The van der Waals surface area contributed by atoms with Crippen LogP contribution < -0.4 is 11.1 Å². The molecular formula is C12H21N3OS. The standard InChI is InChI=1S/C12H21N3OS/c1-8(2)10(13)6-11(16)14-5-4-12-15-9(3)7-17-12/h7-8,10H,4-6,13H2,1-3H3,(H,14,16). The fraction of sp³-hybridized carbons (Fsp3) is 0.667. The van der Waals surface area contributed by atoms with Gasteiger partial charge in [0.25, 0.3) is 0 Å². The smallest absolute Gasteiger partial charge is 0.221 e. The molecule has 0 aromatic carbocycles. The molecule has 96 valence electrons. The van der Waals surface area contributed by atoms with E-state index in [9.17, 15) is 4.79 Å². The number of hydrogen-bond acceptors (Lipinski definition) is 4. The maximum Gasteiger partial charge on any atom is 0.221 e. The Bertz CT molecular complexity index is 362. The first-order valence-electron chi connectivity index (χ1n) is 5.92. The zero-order chi connectivity index (χ0) is 12.8. The normalized spacial score (nSPS) is 12.8. The summed E-state index contributed by atoms with van der Waals surface area (Å²) >= 11 is 1.63. The second-order valence-corrected chi connectivity index (χ2v) is 5.54. The number of carbonyl (C=O) groups excluding carboxylic acids is 1. The van der Waals surface area contributed by atoms with Gasteiger partial charge in [-0.2, -0.15) is 0 Å². The van der Waals surface area contributed by atoms with Crippen molar-refractivity contribution in [2.45, 2.75) is 39.7 Å². The summed E-state index contributed by atoms with van der Waals surface area (Å²) < 4.78 is 0. The van der Waals surface area contributed by atoms with E-state index in [4.69, 9.17) is 5.73 Å². The lowest BCUT2D eigenvalue weighted by atomic mass is 10.0. The molecule has 1 amide bonds. The Kier molecular flexibility index (Phi) is 5.58. The summed E-state index contributed by atoms with van der Waals surface area (Å²) in [4.78, 5) is 15.9. The second-order valence-electron chi connectivity index (χ2n) is 4.59. The molecule has 1 atom stereocenters. The Balaban J connectivity index is 2.20. The number of nitrogens with one attached hydrogen (secondary N) is 1. The lowest BCUT2D eigenvalue weighted by Gasteiger charge is -2.14. The van der Waals surface area contributed by atoms with Crippen LogP contribution in [0.5, 0.6) is 0 Å². The van der Waals surface area contributed by atoms with E-state index in [-0.39, 0.29) is 11.9 Å². The van der Waals surface area contributed by atoms with Crippen LogP contribution in [0.25, 0.3) is 0 Å². The van der Waals surface area contributed by atoms with E-state index in [2.05, 4.69) is 10.3 Å². The third-order valence-corrected chi connectivity index (χ3v) is 3.63. The first-order valence-corrected chi connectivity index (χ1v) is 6.80. The van der Waals surface area contributed by atoms with Crippen molar-refractivity contribution in [3.05, 3.63) is 16.1 Å². The van der Waals surface area contributed by atoms with Gasteiger partial charge in [0.05, 0.1) is 5.01 Å². The third kappa shape index (κ3) is 5.28. The van der Waals surface area contributed by atoms with Crippen LogP contribution in [0.3, 0.4) is 0 Å². The van der Waals surface area contributed by atoms with Gasteiger partial charge in [0.15, 0.2) is 0 Å². The highest BCUT2D eigenvalue weighted by atomic mass is 32.1. The quantitative estimate of drug-likeness (QED) is 0.809. The van der Waals surface area contributed by atoms with Gasteiger partial charge in [0, 0.05) is 36.5 Å². The van der Waals surface area contributed by atoms with Crippen LogP contribution in [0.15, 0.2) is 5.38 Å². The molecule has 1 aromatic rings. The van der Waals surface area contributed by atoms with Crippen LogP contribution in [-0.4, -0.2) is 23.5 Å². The van der Waals surface area contributed by atoms with Gasteiger partial charge >= 0.3 is 0 Å². The summed E-state index contributed by atoms with van der Waals surface area (Å²) in [6.07, 6.45) is 1.19. The average molecular weight is 255 g/mol. The summed E-state index contributed by atoms with van der Waals surface area (Å²) in [5, 5.41) is 5.96. The summed E-state index contributed by atoms with van der Waals surface area (Å²) in [6, 6.07) is -0.0582. The van der Waals surface area contributed by atoms with Crippen molar-refractivity contribution >= 4 is 17.2 Å². The first kappa shape index (κ1) is 14.1. The van der Waals surface area contributed by atoms with Crippen molar-refractivity contribution in [1.29, 1.82) is 0 Å². The topological polar surface area (TPSA) is 68.0 Å². The average Bonchev–Trinajstić information content (AvgIpc) is 2.64. The van der Waals surface area contributed by atoms with Crippen LogP contribution in [0.1, 0.15) is 31.0 Å². The largest absolute Gasteiger partial charge is 0.356 e. The van der Waals surface area contributed by atoms with Crippen LogP contribution in [-0.2, 0) is 11.2 Å². The maximum atomic E-state index is 11.5. The molecule has 1 rings (SSSR count). The minimum absolute atomic E-state index is 0.0273. The Labute approximate surface area is 107 Å². The summed E-state index contributed by atoms with van der Waals surface area (Å²) in [7, 11) is 0. The van der Waals surface area contributed by atoms with Crippen molar-refractivity contribution < 1.29 is 4.79 Å². The summed E-state index contributed by atoms with van der Waals surface area (Å²) in [5.74, 6) is 0.363. The summed E-state index contributed by atoms with van der Waals surface area (Å²) in [6.45, 7) is 6.66. The van der Waals surface area contributed by atoms with E-state index in [1.165, 1.54) is 0 Å². The molecule has 5 heteroatoms. The number of aryl methyl sites for hydroxylation is 1. The van der Waals surface area contributed by atoms with Gasteiger partial charge in [-0.15, -0.1) is 11.3 Å². The molecule has 0 aliphatic rings. The van der Waals surface area contributed by atoms with Gasteiger partial charge in [0.1, 0.15) is 0 Å². The Morgan fingerprint density at radius 1 is 1.59 bits per heavy atom.